The molecule has 32 heavy (non-hydrogen) atoms. The number of benzene rings is 2. The molecule has 1 N–H and O–H groups in total. The zero-order valence-electron chi connectivity index (χ0n) is 18.0. The van der Waals surface area contributed by atoms with E-state index in [1.807, 2.05) is 19.1 Å². The standard InChI is InChI=1S/C25H23NO6/c1-15-6-8-16(9-7-15)23(27)21-22(17-10-11-19(30-2)20(13-17)31-3)26(25(29)24(21)28)14-18-5-4-12-32-18/h4-13,22,27H,14H2,1-3H3. The molecule has 0 radical (unpaired) electrons. The number of aliphatic hydroxyl groups excluding tert-OH is 1. The van der Waals surface area contributed by atoms with Gasteiger partial charge in [-0.05, 0) is 36.8 Å². The summed E-state index contributed by atoms with van der Waals surface area (Å²) in [6, 6.07) is 14.9. The van der Waals surface area contributed by atoms with Gasteiger partial charge in [-0.15, -0.1) is 0 Å². The summed E-state index contributed by atoms with van der Waals surface area (Å²) in [5.74, 6) is -0.219. The van der Waals surface area contributed by atoms with Crippen molar-refractivity contribution < 1.29 is 28.6 Å². The number of likely N-dealkylation sites (tertiary alicyclic amines) is 1. The third-order valence-electron chi connectivity index (χ3n) is 5.49. The molecular weight excluding hydrogens is 410 g/mol. The molecule has 2 heterocycles. The number of hydrogen-bond donors (Lipinski definition) is 1. The first-order valence-electron chi connectivity index (χ1n) is 10.0. The van der Waals surface area contributed by atoms with Crippen LogP contribution in [0.2, 0.25) is 0 Å². The van der Waals surface area contributed by atoms with Crippen LogP contribution in [0.5, 0.6) is 11.5 Å². The monoisotopic (exact) mass is 433 g/mol. The molecule has 0 spiro atoms. The number of Topliss-reactive ketones (excluding diaryl/α,β-unsaturated/α-hetero) is 1. The van der Waals surface area contributed by atoms with Crippen LogP contribution in [0.15, 0.2) is 70.9 Å². The SMILES string of the molecule is COc1ccc(C2C(=C(O)c3ccc(C)cc3)C(=O)C(=O)N2Cc2ccco2)cc1OC. The van der Waals surface area contributed by atoms with Gasteiger partial charge in [-0.2, -0.15) is 0 Å². The molecule has 1 saturated heterocycles. The fourth-order valence-corrected chi connectivity index (χ4v) is 3.85. The van der Waals surface area contributed by atoms with Crippen LogP contribution >= 0.6 is 0 Å². The summed E-state index contributed by atoms with van der Waals surface area (Å²) in [5, 5.41) is 11.1. The zero-order valence-corrected chi connectivity index (χ0v) is 18.0. The summed E-state index contributed by atoms with van der Waals surface area (Å²) in [7, 11) is 3.03. The lowest BCUT2D eigenvalue weighted by Crippen LogP contribution is -2.29. The number of aliphatic hydroxyl groups is 1. The van der Waals surface area contributed by atoms with Gasteiger partial charge in [-0.25, -0.2) is 0 Å². The summed E-state index contributed by atoms with van der Waals surface area (Å²) >= 11 is 0. The number of ether oxygens (including phenoxy) is 2. The molecular formula is C25H23NO6. The van der Waals surface area contributed by atoms with Gasteiger partial charge in [0.2, 0.25) is 0 Å². The van der Waals surface area contributed by atoms with Crippen molar-refractivity contribution in [2.24, 2.45) is 0 Å². The van der Waals surface area contributed by atoms with Gasteiger partial charge in [0.1, 0.15) is 11.5 Å². The van der Waals surface area contributed by atoms with Crippen molar-refractivity contribution in [3.63, 3.8) is 0 Å². The van der Waals surface area contributed by atoms with E-state index in [1.54, 1.807) is 42.5 Å². The lowest BCUT2D eigenvalue weighted by atomic mass is 9.94. The van der Waals surface area contributed by atoms with Crippen LogP contribution in [0.1, 0.15) is 28.5 Å². The summed E-state index contributed by atoms with van der Waals surface area (Å²) < 4.78 is 16.1. The molecule has 1 aliphatic rings. The van der Waals surface area contributed by atoms with Crippen LogP contribution in [0.4, 0.5) is 0 Å². The van der Waals surface area contributed by atoms with Gasteiger partial charge in [0.25, 0.3) is 11.7 Å². The highest BCUT2D eigenvalue weighted by Gasteiger charge is 2.46. The second-order valence-corrected chi connectivity index (χ2v) is 7.49. The van der Waals surface area contributed by atoms with Gasteiger partial charge < -0.3 is 23.9 Å². The van der Waals surface area contributed by atoms with Crippen LogP contribution in [0.3, 0.4) is 0 Å². The summed E-state index contributed by atoms with van der Waals surface area (Å²) in [5.41, 5.74) is 2.08. The number of rotatable bonds is 6. The Morgan fingerprint density at radius 2 is 1.75 bits per heavy atom. The number of furan rings is 1. The van der Waals surface area contributed by atoms with Crippen LogP contribution in [-0.4, -0.2) is 35.9 Å². The van der Waals surface area contributed by atoms with Crippen LogP contribution in [0.25, 0.3) is 5.76 Å². The number of aryl methyl sites for hydroxylation is 1. The second kappa shape index (κ2) is 8.63. The third kappa shape index (κ3) is 3.73. The molecule has 4 rings (SSSR count). The van der Waals surface area contributed by atoms with Crippen molar-refractivity contribution in [2.75, 3.05) is 14.2 Å². The van der Waals surface area contributed by atoms with Gasteiger partial charge in [-0.3, -0.25) is 9.59 Å². The van der Waals surface area contributed by atoms with E-state index < -0.39 is 17.7 Å². The molecule has 0 bridgehead atoms. The fraction of sp³-hybridized carbons (Fsp3) is 0.200. The summed E-state index contributed by atoms with van der Waals surface area (Å²) in [6.45, 7) is 2.00. The predicted molar refractivity (Wildman–Crippen MR) is 117 cm³/mol. The highest BCUT2D eigenvalue weighted by atomic mass is 16.5. The van der Waals surface area contributed by atoms with Crippen molar-refractivity contribution in [3.8, 4) is 11.5 Å². The molecule has 1 fully saturated rings. The quantitative estimate of drug-likeness (QED) is 0.356. The number of hydrogen-bond acceptors (Lipinski definition) is 6. The molecule has 3 aromatic rings. The minimum Gasteiger partial charge on any atom is -0.507 e. The maximum absolute atomic E-state index is 13.1. The van der Waals surface area contributed by atoms with Crippen LogP contribution in [0, 0.1) is 6.92 Å². The van der Waals surface area contributed by atoms with Crippen LogP contribution in [-0.2, 0) is 16.1 Å². The van der Waals surface area contributed by atoms with Crippen molar-refractivity contribution in [1.82, 2.24) is 4.90 Å². The molecule has 1 aliphatic heterocycles. The lowest BCUT2D eigenvalue weighted by molar-refractivity contribution is -0.140. The van der Waals surface area contributed by atoms with Gasteiger partial charge in [0.05, 0.1) is 38.6 Å². The Kier molecular flexibility index (Phi) is 5.73. The number of nitrogens with zero attached hydrogens (tertiary/aromatic N) is 1. The molecule has 7 nitrogen and oxygen atoms in total. The highest BCUT2D eigenvalue weighted by molar-refractivity contribution is 6.46. The van der Waals surface area contributed by atoms with Gasteiger partial charge >= 0.3 is 0 Å². The largest absolute Gasteiger partial charge is 0.507 e. The molecule has 0 aliphatic carbocycles. The maximum atomic E-state index is 13.1. The van der Waals surface area contributed by atoms with E-state index in [0.29, 0.717) is 28.4 Å². The number of methoxy groups -OCH3 is 2. The molecule has 164 valence electrons. The maximum Gasteiger partial charge on any atom is 0.296 e. The molecule has 1 aromatic heterocycles. The Hall–Kier alpha value is -4.00. The van der Waals surface area contributed by atoms with E-state index in [0.717, 1.165) is 5.56 Å². The first-order valence-corrected chi connectivity index (χ1v) is 10.0. The average molecular weight is 433 g/mol. The topological polar surface area (TPSA) is 89.2 Å². The number of carbonyl (C=O) groups is 2. The smallest absolute Gasteiger partial charge is 0.296 e. The minimum atomic E-state index is -0.832. The molecule has 1 unspecified atom stereocenters. The van der Waals surface area contributed by atoms with Crippen molar-refractivity contribution >= 4 is 17.4 Å². The first-order chi connectivity index (χ1) is 15.4. The Morgan fingerprint density at radius 1 is 1.03 bits per heavy atom. The summed E-state index contributed by atoms with van der Waals surface area (Å²) in [6.07, 6.45) is 1.50. The van der Waals surface area contributed by atoms with E-state index >= 15 is 0 Å². The van der Waals surface area contributed by atoms with E-state index in [-0.39, 0.29) is 17.9 Å². The van der Waals surface area contributed by atoms with Crippen LogP contribution < -0.4 is 9.47 Å². The lowest BCUT2D eigenvalue weighted by Gasteiger charge is -2.25. The summed E-state index contributed by atoms with van der Waals surface area (Å²) in [4.78, 5) is 27.5. The van der Waals surface area contributed by atoms with E-state index in [9.17, 15) is 14.7 Å². The minimum absolute atomic E-state index is 0.0117. The number of amides is 1. The van der Waals surface area contributed by atoms with Gasteiger partial charge in [-0.1, -0.05) is 35.9 Å². The van der Waals surface area contributed by atoms with Gasteiger partial charge in [0.15, 0.2) is 11.5 Å². The Labute approximate surface area is 185 Å². The second-order valence-electron chi connectivity index (χ2n) is 7.49. The van der Waals surface area contributed by atoms with Crippen molar-refractivity contribution in [2.45, 2.75) is 19.5 Å². The fourth-order valence-electron chi connectivity index (χ4n) is 3.85. The first kappa shape index (κ1) is 21.2. The Bertz CT molecular complexity index is 1180. The van der Waals surface area contributed by atoms with E-state index in [1.165, 1.54) is 25.4 Å². The average Bonchev–Trinajstić information content (AvgIpc) is 3.41. The Balaban J connectivity index is 1.89. The predicted octanol–water partition coefficient (Wildman–Crippen LogP) is 4.23. The molecule has 1 amide bonds. The molecule has 0 saturated carbocycles. The number of carbonyl (C=O) groups excluding carboxylic acids is 2. The highest BCUT2D eigenvalue weighted by Crippen LogP contribution is 2.42. The van der Waals surface area contributed by atoms with E-state index in [2.05, 4.69) is 0 Å². The molecule has 7 heteroatoms. The molecule has 1 atom stereocenters. The normalized spacial score (nSPS) is 17.6. The third-order valence-corrected chi connectivity index (χ3v) is 5.49. The molecule has 2 aromatic carbocycles. The van der Waals surface area contributed by atoms with Crippen molar-refractivity contribution in [3.05, 3.63) is 88.9 Å². The zero-order chi connectivity index (χ0) is 22.8. The van der Waals surface area contributed by atoms with E-state index in [4.69, 9.17) is 13.9 Å². The van der Waals surface area contributed by atoms with Gasteiger partial charge in [0, 0.05) is 5.56 Å². The Morgan fingerprint density at radius 3 is 2.38 bits per heavy atom. The number of ketones is 1. The van der Waals surface area contributed by atoms with Crippen molar-refractivity contribution in [1.29, 1.82) is 0 Å².